The molecular formula is C23H22N4O3S. The SMILES string of the molecule is Cc1cccc(NC(=O)c2c[nH]c3ncc(-c4ccc(S(=O)(=O)C(C)C)cc4)nc23)c1. The van der Waals surface area contributed by atoms with Gasteiger partial charge in [0.2, 0.25) is 0 Å². The maximum atomic E-state index is 12.8. The van der Waals surface area contributed by atoms with Crippen molar-refractivity contribution in [3.63, 3.8) is 0 Å². The predicted octanol–water partition coefficient (Wildman–Crippen LogP) is 4.37. The summed E-state index contributed by atoms with van der Waals surface area (Å²) < 4.78 is 24.7. The first-order valence-corrected chi connectivity index (χ1v) is 11.4. The topological polar surface area (TPSA) is 105 Å². The molecule has 158 valence electrons. The summed E-state index contributed by atoms with van der Waals surface area (Å²) >= 11 is 0. The number of H-pyrrole nitrogens is 1. The van der Waals surface area contributed by atoms with E-state index in [1.165, 1.54) is 0 Å². The number of anilines is 1. The maximum Gasteiger partial charge on any atom is 0.259 e. The standard InChI is InChI=1S/C23H22N4O3S/c1-14(2)31(29,30)18-9-7-16(8-10-18)20-13-25-22-21(27-20)19(12-24-22)23(28)26-17-6-4-5-15(3)11-17/h4-14H,1-3H3,(H,24,25)(H,26,28). The highest BCUT2D eigenvalue weighted by atomic mass is 32.2. The molecule has 0 aliphatic carbocycles. The average Bonchev–Trinajstić information content (AvgIpc) is 3.17. The van der Waals surface area contributed by atoms with Crippen LogP contribution >= 0.6 is 0 Å². The lowest BCUT2D eigenvalue weighted by Gasteiger charge is -2.08. The van der Waals surface area contributed by atoms with Gasteiger partial charge in [0.1, 0.15) is 5.52 Å². The predicted molar refractivity (Wildman–Crippen MR) is 121 cm³/mol. The van der Waals surface area contributed by atoms with Gasteiger partial charge in [0, 0.05) is 17.4 Å². The van der Waals surface area contributed by atoms with E-state index in [0.29, 0.717) is 33.7 Å². The van der Waals surface area contributed by atoms with Crippen LogP contribution in [0.3, 0.4) is 0 Å². The van der Waals surface area contributed by atoms with E-state index in [-0.39, 0.29) is 10.8 Å². The highest BCUT2D eigenvalue weighted by molar-refractivity contribution is 7.92. The number of nitrogens with zero attached hydrogens (tertiary/aromatic N) is 2. The minimum atomic E-state index is -3.35. The third-order valence-electron chi connectivity index (χ3n) is 5.00. The van der Waals surface area contributed by atoms with Gasteiger partial charge in [0.15, 0.2) is 15.5 Å². The molecule has 2 heterocycles. The van der Waals surface area contributed by atoms with Crippen LogP contribution in [0.4, 0.5) is 5.69 Å². The van der Waals surface area contributed by atoms with E-state index < -0.39 is 15.1 Å². The smallest absolute Gasteiger partial charge is 0.259 e. The van der Waals surface area contributed by atoms with Gasteiger partial charge in [-0.15, -0.1) is 0 Å². The van der Waals surface area contributed by atoms with Gasteiger partial charge in [-0.25, -0.2) is 18.4 Å². The molecule has 1 amide bonds. The van der Waals surface area contributed by atoms with Crippen LogP contribution in [0.15, 0.2) is 65.8 Å². The van der Waals surface area contributed by atoms with E-state index in [0.717, 1.165) is 5.56 Å². The summed E-state index contributed by atoms with van der Waals surface area (Å²) in [7, 11) is -3.35. The van der Waals surface area contributed by atoms with E-state index in [1.807, 2.05) is 31.2 Å². The van der Waals surface area contributed by atoms with Crippen LogP contribution in [0.1, 0.15) is 29.8 Å². The van der Waals surface area contributed by atoms with Gasteiger partial charge in [-0.1, -0.05) is 24.3 Å². The van der Waals surface area contributed by atoms with Crippen molar-refractivity contribution < 1.29 is 13.2 Å². The molecule has 0 atom stereocenters. The average molecular weight is 435 g/mol. The molecule has 0 unspecified atom stereocenters. The number of benzene rings is 2. The molecular weight excluding hydrogens is 412 g/mol. The summed E-state index contributed by atoms with van der Waals surface area (Å²) in [4.78, 5) is 25.0. The molecule has 0 spiro atoms. The van der Waals surface area contributed by atoms with Crippen LogP contribution in [0.5, 0.6) is 0 Å². The van der Waals surface area contributed by atoms with Crippen molar-refractivity contribution in [3.8, 4) is 11.3 Å². The quantitative estimate of drug-likeness (QED) is 0.485. The van der Waals surface area contributed by atoms with Gasteiger partial charge < -0.3 is 10.3 Å². The first kappa shape index (κ1) is 20.7. The largest absolute Gasteiger partial charge is 0.344 e. The van der Waals surface area contributed by atoms with Gasteiger partial charge in [-0.05, 0) is 50.6 Å². The summed E-state index contributed by atoms with van der Waals surface area (Å²) in [6.45, 7) is 5.26. The summed E-state index contributed by atoms with van der Waals surface area (Å²) in [6, 6.07) is 14.1. The molecule has 0 saturated heterocycles. The second kappa shape index (κ2) is 7.96. The number of fused-ring (bicyclic) bond motifs is 1. The summed E-state index contributed by atoms with van der Waals surface area (Å²) in [5.41, 5.74) is 4.32. The maximum absolute atomic E-state index is 12.8. The van der Waals surface area contributed by atoms with E-state index >= 15 is 0 Å². The molecule has 0 saturated carbocycles. The van der Waals surface area contributed by atoms with Gasteiger partial charge in [-0.2, -0.15) is 0 Å². The fourth-order valence-electron chi connectivity index (χ4n) is 3.21. The Morgan fingerprint density at radius 2 is 1.84 bits per heavy atom. The van der Waals surface area contributed by atoms with Crippen LogP contribution < -0.4 is 5.32 Å². The van der Waals surface area contributed by atoms with Crippen molar-refractivity contribution in [1.29, 1.82) is 0 Å². The zero-order valence-electron chi connectivity index (χ0n) is 17.4. The molecule has 2 aromatic carbocycles. The third kappa shape index (κ3) is 4.06. The number of aromatic amines is 1. The lowest BCUT2D eigenvalue weighted by atomic mass is 10.1. The minimum absolute atomic E-state index is 0.264. The monoisotopic (exact) mass is 434 g/mol. The van der Waals surface area contributed by atoms with E-state index in [1.54, 1.807) is 50.5 Å². The lowest BCUT2D eigenvalue weighted by Crippen LogP contribution is -2.13. The molecule has 0 radical (unpaired) electrons. The number of carbonyl (C=O) groups is 1. The van der Waals surface area contributed by atoms with Crippen LogP contribution in [0.25, 0.3) is 22.4 Å². The number of carbonyl (C=O) groups excluding carboxylic acids is 1. The van der Waals surface area contributed by atoms with Crippen LogP contribution in [0.2, 0.25) is 0 Å². The molecule has 4 rings (SSSR count). The molecule has 0 aliphatic heterocycles. The second-order valence-electron chi connectivity index (χ2n) is 7.60. The molecule has 2 aromatic heterocycles. The fraction of sp³-hybridized carbons (Fsp3) is 0.174. The molecule has 0 bridgehead atoms. The van der Waals surface area contributed by atoms with Gasteiger partial charge in [-0.3, -0.25) is 4.79 Å². The Bertz CT molecular complexity index is 1370. The normalized spacial score (nSPS) is 11.7. The Morgan fingerprint density at radius 3 is 2.52 bits per heavy atom. The summed E-state index contributed by atoms with van der Waals surface area (Å²) in [5, 5.41) is 2.38. The van der Waals surface area contributed by atoms with Gasteiger partial charge in [0.25, 0.3) is 5.91 Å². The number of amides is 1. The number of nitrogens with one attached hydrogen (secondary N) is 2. The van der Waals surface area contributed by atoms with E-state index in [9.17, 15) is 13.2 Å². The van der Waals surface area contributed by atoms with Gasteiger partial charge >= 0.3 is 0 Å². The Hall–Kier alpha value is -3.52. The molecule has 7 nitrogen and oxygen atoms in total. The molecule has 8 heteroatoms. The Balaban J connectivity index is 1.66. The summed E-state index contributed by atoms with van der Waals surface area (Å²) in [6.07, 6.45) is 3.17. The number of aryl methyl sites for hydroxylation is 1. The fourth-order valence-corrected chi connectivity index (χ4v) is 4.27. The number of aromatic nitrogens is 3. The highest BCUT2D eigenvalue weighted by Crippen LogP contribution is 2.24. The molecule has 0 fully saturated rings. The number of rotatable bonds is 5. The minimum Gasteiger partial charge on any atom is -0.344 e. The second-order valence-corrected chi connectivity index (χ2v) is 10.1. The number of sulfone groups is 1. The zero-order valence-corrected chi connectivity index (χ0v) is 18.2. The Labute approximate surface area is 180 Å². The van der Waals surface area contributed by atoms with Crippen molar-refractivity contribution in [3.05, 3.63) is 72.1 Å². The third-order valence-corrected chi connectivity index (χ3v) is 7.17. The van der Waals surface area contributed by atoms with Crippen molar-refractivity contribution in [1.82, 2.24) is 15.0 Å². The molecule has 31 heavy (non-hydrogen) atoms. The van der Waals surface area contributed by atoms with Crippen LogP contribution in [-0.4, -0.2) is 34.5 Å². The molecule has 4 aromatic rings. The first-order valence-electron chi connectivity index (χ1n) is 9.82. The van der Waals surface area contributed by atoms with Crippen LogP contribution in [-0.2, 0) is 9.84 Å². The molecule has 2 N–H and O–H groups in total. The van der Waals surface area contributed by atoms with Crippen molar-refractivity contribution in [2.24, 2.45) is 0 Å². The molecule has 0 aliphatic rings. The van der Waals surface area contributed by atoms with E-state index in [2.05, 4.69) is 20.3 Å². The summed E-state index contributed by atoms with van der Waals surface area (Å²) in [5.74, 6) is -0.290. The highest BCUT2D eigenvalue weighted by Gasteiger charge is 2.19. The Morgan fingerprint density at radius 1 is 1.10 bits per heavy atom. The number of hydrogen-bond acceptors (Lipinski definition) is 5. The lowest BCUT2D eigenvalue weighted by molar-refractivity contribution is 0.102. The van der Waals surface area contributed by atoms with Crippen molar-refractivity contribution in [2.75, 3.05) is 5.32 Å². The van der Waals surface area contributed by atoms with E-state index in [4.69, 9.17) is 0 Å². The zero-order chi connectivity index (χ0) is 22.2. The van der Waals surface area contributed by atoms with Crippen molar-refractivity contribution >= 4 is 32.6 Å². The van der Waals surface area contributed by atoms with Gasteiger partial charge in [0.05, 0.1) is 27.6 Å². The number of hydrogen-bond donors (Lipinski definition) is 2. The Kier molecular flexibility index (Phi) is 5.32. The van der Waals surface area contributed by atoms with Crippen LogP contribution in [0, 0.1) is 6.92 Å². The first-order chi connectivity index (χ1) is 14.8. The van der Waals surface area contributed by atoms with Crippen molar-refractivity contribution in [2.45, 2.75) is 30.9 Å².